The first-order valence-electron chi connectivity index (χ1n) is 7.97. The van der Waals surface area contributed by atoms with Crippen LogP contribution < -0.4 is 4.90 Å². The molecule has 2 heterocycles. The van der Waals surface area contributed by atoms with Crippen molar-refractivity contribution in [2.75, 3.05) is 4.90 Å². The summed E-state index contributed by atoms with van der Waals surface area (Å²) in [7, 11) is -4.92. The number of hydrogen-bond donors (Lipinski definition) is 2. The van der Waals surface area contributed by atoms with Crippen LogP contribution in [0, 0.1) is 11.8 Å². The number of para-hydroxylation sites is 1. The van der Waals surface area contributed by atoms with Crippen LogP contribution in [0.2, 0.25) is 0 Å². The fourth-order valence-corrected chi connectivity index (χ4v) is 5.07. The Morgan fingerprint density at radius 2 is 1.50 bits per heavy atom. The van der Waals surface area contributed by atoms with Gasteiger partial charge < -0.3 is 9.79 Å². The number of carbonyl (C=O) groups excluding carboxylic acids is 2. The van der Waals surface area contributed by atoms with Crippen molar-refractivity contribution in [1.82, 2.24) is 0 Å². The SMILES string of the molecule is O=C1C2C=NC(c3ccccc3)(P(=O)(O)O)C2C(=O)N1c1ccccc1. The lowest BCUT2D eigenvalue weighted by Gasteiger charge is -2.32. The van der Waals surface area contributed by atoms with E-state index in [9.17, 15) is 23.9 Å². The van der Waals surface area contributed by atoms with Gasteiger partial charge in [0.2, 0.25) is 11.8 Å². The fourth-order valence-electron chi connectivity index (χ4n) is 3.73. The van der Waals surface area contributed by atoms with Crippen LogP contribution in [0.1, 0.15) is 5.56 Å². The predicted molar refractivity (Wildman–Crippen MR) is 94.6 cm³/mol. The molecule has 3 atom stereocenters. The summed E-state index contributed by atoms with van der Waals surface area (Å²) < 4.78 is 12.5. The third-order valence-corrected chi connectivity index (χ3v) is 6.41. The van der Waals surface area contributed by atoms with Gasteiger partial charge in [0, 0.05) is 6.21 Å². The zero-order valence-electron chi connectivity index (χ0n) is 13.5. The van der Waals surface area contributed by atoms with Crippen LogP contribution in [0.4, 0.5) is 5.69 Å². The highest BCUT2D eigenvalue weighted by Gasteiger charge is 2.68. The van der Waals surface area contributed by atoms with Gasteiger partial charge in [0.1, 0.15) is 0 Å². The summed E-state index contributed by atoms with van der Waals surface area (Å²) >= 11 is 0. The average molecular weight is 370 g/mol. The number of rotatable bonds is 3. The highest BCUT2D eigenvalue weighted by atomic mass is 31.2. The lowest BCUT2D eigenvalue weighted by Crippen LogP contribution is -2.39. The van der Waals surface area contributed by atoms with E-state index >= 15 is 0 Å². The van der Waals surface area contributed by atoms with Gasteiger partial charge in [0.25, 0.3) is 0 Å². The maximum absolute atomic E-state index is 13.1. The van der Waals surface area contributed by atoms with E-state index in [1.807, 2.05) is 0 Å². The van der Waals surface area contributed by atoms with Crippen molar-refractivity contribution < 1.29 is 23.9 Å². The number of anilines is 1. The Morgan fingerprint density at radius 3 is 2.08 bits per heavy atom. The molecule has 2 aromatic rings. The maximum atomic E-state index is 13.1. The number of amides is 2. The molecule has 0 bridgehead atoms. The van der Waals surface area contributed by atoms with Crippen LogP contribution in [-0.4, -0.2) is 27.8 Å². The summed E-state index contributed by atoms with van der Waals surface area (Å²) in [5.74, 6) is -3.47. The smallest absolute Gasteiger partial charge is 0.322 e. The molecule has 2 amide bonds. The van der Waals surface area contributed by atoms with E-state index in [0.717, 1.165) is 4.90 Å². The van der Waals surface area contributed by atoms with E-state index in [1.165, 1.54) is 18.3 Å². The molecule has 1 fully saturated rings. The lowest BCUT2D eigenvalue weighted by molar-refractivity contribution is -0.123. The standard InChI is InChI=1S/C18H15N2O5P/c21-16-14-11-19-18(26(23,24)25,12-7-3-1-4-8-12)15(14)17(22)20(16)13-9-5-2-6-10-13/h1-11,14-15H,(H2,23,24,25). The summed E-state index contributed by atoms with van der Waals surface area (Å²) in [4.78, 5) is 51.3. The molecule has 0 radical (unpaired) electrons. The maximum Gasteiger partial charge on any atom is 0.358 e. The molecular formula is C18H15N2O5P. The van der Waals surface area contributed by atoms with Crippen molar-refractivity contribution in [1.29, 1.82) is 0 Å². The molecule has 26 heavy (non-hydrogen) atoms. The van der Waals surface area contributed by atoms with Crippen molar-refractivity contribution in [3.63, 3.8) is 0 Å². The van der Waals surface area contributed by atoms with Gasteiger partial charge in [0.15, 0.2) is 5.28 Å². The van der Waals surface area contributed by atoms with Crippen molar-refractivity contribution in [3.05, 3.63) is 66.2 Å². The number of imide groups is 1. The van der Waals surface area contributed by atoms with E-state index in [1.54, 1.807) is 48.5 Å². The molecule has 8 heteroatoms. The van der Waals surface area contributed by atoms with Crippen LogP contribution in [0.3, 0.4) is 0 Å². The zero-order valence-corrected chi connectivity index (χ0v) is 14.4. The Kier molecular flexibility index (Phi) is 3.70. The highest BCUT2D eigenvalue weighted by Crippen LogP contribution is 2.66. The van der Waals surface area contributed by atoms with Gasteiger partial charge >= 0.3 is 7.60 Å². The summed E-state index contributed by atoms with van der Waals surface area (Å²) in [6.45, 7) is 0. The Morgan fingerprint density at radius 1 is 0.923 bits per heavy atom. The second-order valence-electron chi connectivity index (χ2n) is 6.27. The fraction of sp³-hybridized carbons (Fsp3) is 0.167. The first-order valence-corrected chi connectivity index (χ1v) is 9.58. The highest BCUT2D eigenvalue weighted by molar-refractivity contribution is 7.53. The van der Waals surface area contributed by atoms with E-state index in [-0.39, 0.29) is 5.56 Å². The van der Waals surface area contributed by atoms with E-state index in [4.69, 9.17) is 0 Å². The van der Waals surface area contributed by atoms with E-state index in [2.05, 4.69) is 4.99 Å². The molecule has 4 rings (SSSR count). The molecular weight excluding hydrogens is 355 g/mol. The van der Waals surface area contributed by atoms with Crippen LogP contribution in [0.15, 0.2) is 65.7 Å². The van der Waals surface area contributed by atoms with Gasteiger partial charge in [-0.15, -0.1) is 0 Å². The summed E-state index contributed by atoms with van der Waals surface area (Å²) in [6, 6.07) is 16.3. The molecule has 7 nitrogen and oxygen atoms in total. The first-order chi connectivity index (χ1) is 12.4. The first kappa shape index (κ1) is 16.8. The normalized spacial score (nSPS) is 27.8. The monoisotopic (exact) mass is 370 g/mol. The molecule has 2 aromatic carbocycles. The van der Waals surface area contributed by atoms with Gasteiger partial charge in [-0.1, -0.05) is 48.5 Å². The second kappa shape index (κ2) is 5.71. The van der Waals surface area contributed by atoms with Gasteiger partial charge in [-0.3, -0.25) is 19.1 Å². The Balaban J connectivity index is 1.89. The number of fused-ring (bicyclic) bond motifs is 1. The molecule has 0 aliphatic carbocycles. The van der Waals surface area contributed by atoms with Crippen LogP contribution in [0.25, 0.3) is 0 Å². The minimum atomic E-state index is -4.92. The lowest BCUT2D eigenvalue weighted by atomic mass is 9.87. The average Bonchev–Trinajstić information content (AvgIpc) is 3.15. The zero-order chi connectivity index (χ0) is 18.5. The minimum absolute atomic E-state index is 0.216. The van der Waals surface area contributed by atoms with Gasteiger partial charge in [0.05, 0.1) is 17.5 Å². The Hall–Kier alpha value is -2.60. The topological polar surface area (TPSA) is 107 Å². The molecule has 132 valence electrons. The number of benzene rings is 2. The Labute approximate surface area is 149 Å². The Bertz CT molecular complexity index is 956. The van der Waals surface area contributed by atoms with Crippen molar-refractivity contribution >= 4 is 31.3 Å². The number of nitrogens with zero attached hydrogens (tertiary/aromatic N) is 2. The minimum Gasteiger partial charge on any atom is -0.322 e. The largest absolute Gasteiger partial charge is 0.358 e. The van der Waals surface area contributed by atoms with Crippen molar-refractivity contribution in [2.45, 2.75) is 5.28 Å². The third kappa shape index (κ3) is 2.15. The van der Waals surface area contributed by atoms with Crippen LogP contribution in [-0.2, 0) is 19.4 Å². The summed E-state index contributed by atoms with van der Waals surface area (Å²) in [5, 5.41) is -2.09. The quantitative estimate of drug-likeness (QED) is 0.634. The van der Waals surface area contributed by atoms with Crippen LogP contribution >= 0.6 is 7.60 Å². The van der Waals surface area contributed by atoms with Crippen molar-refractivity contribution in [2.24, 2.45) is 16.8 Å². The second-order valence-corrected chi connectivity index (χ2v) is 8.04. The molecule has 0 aromatic heterocycles. The predicted octanol–water partition coefficient (Wildman–Crippen LogP) is 1.91. The molecule has 1 saturated heterocycles. The van der Waals surface area contributed by atoms with Gasteiger partial charge in [-0.05, 0) is 17.7 Å². The van der Waals surface area contributed by atoms with E-state index in [0.29, 0.717) is 5.69 Å². The van der Waals surface area contributed by atoms with E-state index < -0.39 is 36.5 Å². The number of aliphatic imine (C=N–C) groups is 1. The molecule has 0 saturated carbocycles. The third-order valence-electron chi connectivity index (χ3n) is 4.87. The van der Waals surface area contributed by atoms with Gasteiger partial charge in [-0.2, -0.15) is 0 Å². The van der Waals surface area contributed by atoms with Gasteiger partial charge in [-0.25, -0.2) is 4.90 Å². The molecule has 2 aliphatic rings. The van der Waals surface area contributed by atoms with Crippen LogP contribution in [0.5, 0.6) is 0 Å². The molecule has 2 N–H and O–H groups in total. The molecule has 0 spiro atoms. The number of carbonyl (C=O) groups is 2. The molecule has 3 unspecified atom stereocenters. The van der Waals surface area contributed by atoms with Crippen molar-refractivity contribution in [3.8, 4) is 0 Å². The summed E-state index contributed by atoms with van der Waals surface area (Å²) in [5.41, 5.74) is 0.589. The summed E-state index contributed by atoms with van der Waals surface area (Å²) in [6.07, 6.45) is 1.21. The molecule has 2 aliphatic heterocycles. The number of hydrogen-bond acceptors (Lipinski definition) is 4.